The topological polar surface area (TPSA) is 69.4 Å². The number of non-ortho nitro benzene ring substituents is 1. The number of ether oxygens (including phenoxy) is 1. The molecule has 0 amide bonds. The molecule has 0 radical (unpaired) electrons. The maximum atomic E-state index is 10.3. The van der Waals surface area contributed by atoms with E-state index in [0.717, 1.165) is 12.1 Å². The first-order valence-corrected chi connectivity index (χ1v) is 4.07. The van der Waals surface area contributed by atoms with Crippen LogP contribution in [0, 0.1) is 10.1 Å². The summed E-state index contributed by atoms with van der Waals surface area (Å²) < 4.78 is 4.45. The zero-order valence-electron chi connectivity index (χ0n) is 6.57. The summed E-state index contributed by atoms with van der Waals surface area (Å²) in [7, 11) is 0. The van der Waals surface area contributed by atoms with Crippen molar-refractivity contribution in [2.75, 3.05) is 0 Å². The van der Waals surface area contributed by atoms with Gasteiger partial charge in [0.15, 0.2) is 5.75 Å². The third-order valence-electron chi connectivity index (χ3n) is 1.32. The zero-order chi connectivity index (χ0) is 10.7. The Hall–Kier alpha value is -1.33. The zero-order valence-corrected chi connectivity index (χ0v) is 8.08. The van der Waals surface area contributed by atoms with E-state index in [1.807, 2.05) is 0 Å². The molecular formula is C7H3Cl2NO4. The van der Waals surface area contributed by atoms with Crippen molar-refractivity contribution in [3.63, 3.8) is 0 Å². The second-order valence-corrected chi connectivity index (χ2v) is 2.93. The highest BCUT2D eigenvalue weighted by molar-refractivity contribution is 6.61. The van der Waals surface area contributed by atoms with Crippen molar-refractivity contribution in [3.05, 3.63) is 33.3 Å². The fraction of sp³-hybridized carbons (Fsp3) is 0. The van der Waals surface area contributed by atoms with E-state index < -0.39 is 10.4 Å². The molecule has 5 nitrogen and oxygen atoms in total. The van der Waals surface area contributed by atoms with E-state index in [9.17, 15) is 14.9 Å². The first-order valence-electron chi connectivity index (χ1n) is 3.32. The van der Waals surface area contributed by atoms with E-state index in [2.05, 4.69) is 4.74 Å². The summed E-state index contributed by atoms with van der Waals surface area (Å²) in [5.41, 5.74) is -1.25. The van der Waals surface area contributed by atoms with Crippen molar-refractivity contribution < 1.29 is 14.5 Å². The van der Waals surface area contributed by atoms with Gasteiger partial charge in [0.25, 0.3) is 5.69 Å². The van der Waals surface area contributed by atoms with Gasteiger partial charge in [-0.3, -0.25) is 10.1 Å². The van der Waals surface area contributed by atoms with Crippen molar-refractivity contribution in [2.45, 2.75) is 0 Å². The van der Waals surface area contributed by atoms with Crippen LogP contribution in [0.4, 0.5) is 10.5 Å². The molecule has 7 heteroatoms. The van der Waals surface area contributed by atoms with Crippen molar-refractivity contribution in [1.29, 1.82) is 0 Å². The summed E-state index contributed by atoms with van der Waals surface area (Å²) in [6, 6.07) is 3.42. The quantitative estimate of drug-likeness (QED) is 0.449. The summed E-state index contributed by atoms with van der Waals surface area (Å²) in [5, 5.41) is 10.3. The Kier molecular flexibility index (Phi) is 3.27. The van der Waals surface area contributed by atoms with Crippen LogP contribution in [0.3, 0.4) is 0 Å². The Labute approximate surface area is 88.3 Å². The standard InChI is InChI=1S/C7H3Cl2NO4/c8-5-3-4(10(12)13)1-2-6(5)14-7(9)11/h1-3H. The molecule has 0 atom stereocenters. The van der Waals surface area contributed by atoms with Crippen molar-refractivity contribution in [1.82, 2.24) is 0 Å². The van der Waals surface area contributed by atoms with Crippen LogP contribution >= 0.6 is 23.2 Å². The lowest BCUT2D eigenvalue weighted by molar-refractivity contribution is -0.384. The van der Waals surface area contributed by atoms with E-state index in [1.165, 1.54) is 6.07 Å². The highest BCUT2D eigenvalue weighted by atomic mass is 35.5. The predicted molar refractivity (Wildman–Crippen MR) is 50.0 cm³/mol. The highest BCUT2D eigenvalue weighted by Crippen LogP contribution is 2.28. The molecule has 14 heavy (non-hydrogen) atoms. The third-order valence-corrected chi connectivity index (χ3v) is 1.69. The minimum Gasteiger partial charge on any atom is -0.413 e. The first kappa shape index (κ1) is 10.7. The van der Waals surface area contributed by atoms with E-state index in [-0.39, 0.29) is 16.5 Å². The van der Waals surface area contributed by atoms with Gasteiger partial charge in [0.1, 0.15) is 0 Å². The van der Waals surface area contributed by atoms with Gasteiger partial charge in [-0.25, -0.2) is 4.79 Å². The fourth-order valence-corrected chi connectivity index (χ4v) is 1.07. The minimum absolute atomic E-state index is 0.0164. The molecule has 0 bridgehead atoms. The van der Waals surface area contributed by atoms with Crippen LogP contribution in [0.25, 0.3) is 0 Å². The molecule has 0 unspecified atom stereocenters. The van der Waals surface area contributed by atoms with Gasteiger partial charge in [-0.1, -0.05) is 11.6 Å². The second kappa shape index (κ2) is 4.26. The summed E-state index contributed by atoms with van der Waals surface area (Å²) in [6.45, 7) is 0. The average Bonchev–Trinajstić information content (AvgIpc) is 2.07. The smallest absolute Gasteiger partial charge is 0.409 e. The minimum atomic E-state index is -1.05. The summed E-state index contributed by atoms with van der Waals surface area (Å²) in [5.74, 6) is -0.0164. The van der Waals surface area contributed by atoms with Crippen molar-refractivity contribution in [3.8, 4) is 5.75 Å². The van der Waals surface area contributed by atoms with Crippen LogP contribution in [0.2, 0.25) is 5.02 Å². The van der Waals surface area contributed by atoms with E-state index in [0.29, 0.717) is 0 Å². The molecule has 1 rings (SSSR count). The van der Waals surface area contributed by atoms with E-state index >= 15 is 0 Å². The molecule has 0 saturated heterocycles. The molecule has 0 N–H and O–H groups in total. The summed E-state index contributed by atoms with van der Waals surface area (Å²) in [6.07, 6.45) is 0. The Morgan fingerprint density at radius 2 is 2.14 bits per heavy atom. The van der Waals surface area contributed by atoms with Gasteiger partial charge in [-0.2, -0.15) is 0 Å². The van der Waals surface area contributed by atoms with Crippen LogP contribution in [0.5, 0.6) is 5.75 Å². The van der Waals surface area contributed by atoms with E-state index in [1.54, 1.807) is 0 Å². The fourth-order valence-electron chi connectivity index (χ4n) is 0.773. The van der Waals surface area contributed by atoms with Gasteiger partial charge in [0, 0.05) is 23.7 Å². The lowest BCUT2D eigenvalue weighted by Crippen LogP contribution is -1.97. The van der Waals surface area contributed by atoms with Gasteiger partial charge in [-0.05, 0) is 6.07 Å². The monoisotopic (exact) mass is 235 g/mol. The van der Waals surface area contributed by atoms with Gasteiger partial charge in [0.2, 0.25) is 0 Å². The van der Waals surface area contributed by atoms with Crippen molar-refractivity contribution in [2.24, 2.45) is 0 Å². The number of carbonyl (C=O) groups excluding carboxylic acids is 1. The first-order chi connectivity index (χ1) is 6.50. The molecule has 0 saturated carbocycles. The van der Waals surface area contributed by atoms with Crippen LogP contribution < -0.4 is 4.74 Å². The van der Waals surface area contributed by atoms with Gasteiger partial charge in [0.05, 0.1) is 9.95 Å². The van der Waals surface area contributed by atoms with Crippen LogP contribution in [-0.2, 0) is 0 Å². The number of nitrogens with zero attached hydrogens (tertiary/aromatic N) is 1. The molecule has 0 fully saturated rings. The number of halogens is 2. The lowest BCUT2D eigenvalue weighted by atomic mass is 10.3. The maximum Gasteiger partial charge on any atom is 0.409 e. The number of hydrogen-bond acceptors (Lipinski definition) is 4. The predicted octanol–water partition coefficient (Wildman–Crippen LogP) is 2.99. The van der Waals surface area contributed by atoms with Gasteiger partial charge >= 0.3 is 5.43 Å². The van der Waals surface area contributed by atoms with Gasteiger partial charge in [-0.15, -0.1) is 0 Å². The Morgan fingerprint density at radius 1 is 1.50 bits per heavy atom. The molecule has 0 aliphatic heterocycles. The number of nitro benzene ring substituents is 1. The van der Waals surface area contributed by atoms with Crippen LogP contribution in [-0.4, -0.2) is 10.4 Å². The number of benzene rings is 1. The molecule has 1 aromatic carbocycles. The maximum absolute atomic E-state index is 10.3. The molecule has 0 aliphatic carbocycles. The van der Waals surface area contributed by atoms with Crippen LogP contribution in [0.1, 0.15) is 0 Å². The Balaban J connectivity index is 3.01. The normalized spacial score (nSPS) is 9.57. The molecule has 0 aliphatic rings. The number of rotatable bonds is 2. The molecular weight excluding hydrogens is 233 g/mol. The van der Waals surface area contributed by atoms with E-state index in [4.69, 9.17) is 23.2 Å². The third kappa shape index (κ3) is 2.58. The molecule has 74 valence electrons. The number of hydrogen-bond donors (Lipinski definition) is 0. The SMILES string of the molecule is O=C(Cl)Oc1ccc([N+](=O)[O-])cc1Cl. The van der Waals surface area contributed by atoms with Gasteiger partial charge < -0.3 is 4.74 Å². The summed E-state index contributed by atoms with van der Waals surface area (Å²) in [4.78, 5) is 20.0. The molecule has 0 heterocycles. The number of nitro groups is 1. The van der Waals surface area contributed by atoms with Crippen molar-refractivity contribution >= 4 is 34.3 Å². The largest absolute Gasteiger partial charge is 0.413 e. The van der Waals surface area contributed by atoms with Crippen LogP contribution in [0.15, 0.2) is 18.2 Å². The lowest BCUT2D eigenvalue weighted by Gasteiger charge is -2.01. The highest BCUT2D eigenvalue weighted by Gasteiger charge is 2.11. The Bertz CT molecular complexity index is 393. The Morgan fingerprint density at radius 3 is 2.57 bits per heavy atom. The molecule has 0 spiro atoms. The number of carbonyl (C=O) groups is 1. The average molecular weight is 236 g/mol. The summed E-state index contributed by atoms with van der Waals surface area (Å²) >= 11 is 10.5. The second-order valence-electron chi connectivity index (χ2n) is 2.21. The molecule has 0 aromatic heterocycles. The molecule has 1 aromatic rings.